The Morgan fingerprint density at radius 1 is 1.00 bits per heavy atom. The van der Waals surface area contributed by atoms with Crippen molar-refractivity contribution in [2.45, 2.75) is 26.3 Å². The van der Waals surface area contributed by atoms with Crippen molar-refractivity contribution < 1.29 is 0 Å². The Bertz CT molecular complexity index is 91.9. The second kappa shape index (κ2) is 3.35. The van der Waals surface area contributed by atoms with Gasteiger partial charge in [-0.3, -0.25) is 9.80 Å². The summed E-state index contributed by atoms with van der Waals surface area (Å²) < 4.78 is 0. The van der Waals surface area contributed by atoms with Gasteiger partial charge in [-0.2, -0.15) is 0 Å². The van der Waals surface area contributed by atoms with Gasteiger partial charge in [-0.1, -0.05) is 0 Å². The van der Waals surface area contributed by atoms with Crippen LogP contribution in [-0.4, -0.2) is 43.2 Å². The summed E-state index contributed by atoms with van der Waals surface area (Å²) in [4.78, 5) is 4.48. The van der Waals surface area contributed by atoms with Crippen LogP contribution in [0.4, 0.5) is 0 Å². The number of hydrogen-bond donors (Lipinski definition) is 0. The lowest BCUT2D eigenvalue weighted by Crippen LogP contribution is -2.43. The molecule has 0 saturated carbocycles. The van der Waals surface area contributed by atoms with E-state index in [0.717, 1.165) is 6.67 Å². The predicted molar refractivity (Wildman–Crippen MR) is 46.1 cm³/mol. The van der Waals surface area contributed by atoms with Gasteiger partial charge in [0, 0.05) is 5.54 Å². The van der Waals surface area contributed by atoms with E-state index < -0.39 is 0 Å². The molecular formula is C8H20N2. The quantitative estimate of drug-likeness (QED) is 0.538. The summed E-state index contributed by atoms with van der Waals surface area (Å²) in [5, 5.41) is 0. The standard InChI is InChI=1S/C8H20N2/c1-8(2,3)10(6)7-9(4)5/h7H2,1-6H3. The van der Waals surface area contributed by atoms with E-state index in [-0.39, 0.29) is 5.54 Å². The summed E-state index contributed by atoms with van der Waals surface area (Å²) in [5.74, 6) is 0. The smallest absolute Gasteiger partial charge is 0.0502 e. The van der Waals surface area contributed by atoms with Crippen LogP contribution in [0, 0.1) is 0 Å². The molecule has 0 atom stereocenters. The van der Waals surface area contributed by atoms with Gasteiger partial charge in [0.05, 0.1) is 6.67 Å². The highest BCUT2D eigenvalue weighted by Gasteiger charge is 2.16. The minimum absolute atomic E-state index is 0.282. The molecule has 0 aliphatic carbocycles. The summed E-state index contributed by atoms with van der Waals surface area (Å²) >= 11 is 0. The Kier molecular flexibility index (Phi) is 3.33. The van der Waals surface area contributed by atoms with Crippen molar-refractivity contribution in [3.63, 3.8) is 0 Å². The van der Waals surface area contributed by atoms with Crippen LogP contribution in [0.5, 0.6) is 0 Å². The van der Waals surface area contributed by atoms with Gasteiger partial charge in [-0.25, -0.2) is 0 Å². The van der Waals surface area contributed by atoms with Crippen molar-refractivity contribution in [3.8, 4) is 0 Å². The van der Waals surface area contributed by atoms with E-state index in [4.69, 9.17) is 0 Å². The van der Waals surface area contributed by atoms with Crippen LogP contribution in [0.15, 0.2) is 0 Å². The Labute approximate surface area is 64.8 Å². The molecule has 0 spiro atoms. The second-order valence-electron chi connectivity index (χ2n) is 4.09. The Morgan fingerprint density at radius 3 is 1.50 bits per heavy atom. The number of rotatable bonds is 2. The third-order valence-corrected chi connectivity index (χ3v) is 1.64. The van der Waals surface area contributed by atoms with Gasteiger partial charge < -0.3 is 0 Å². The molecule has 0 heterocycles. The fraction of sp³-hybridized carbons (Fsp3) is 1.00. The summed E-state index contributed by atoms with van der Waals surface area (Å²) in [7, 11) is 6.31. The molecule has 10 heavy (non-hydrogen) atoms. The first-order chi connectivity index (χ1) is 4.34. The summed E-state index contributed by atoms with van der Waals surface area (Å²) in [6.07, 6.45) is 0. The average Bonchev–Trinajstić information content (AvgIpc) is 1.60. The van der Waals surface area contributed by atoms with Crippen molar-refractivity contribution in [1.29, 1.82) is 0 Å². The van der Waals surface area contributed by atoms with E-state index in [1.165, 1.54) is 0 Å². The molecule has 0 aromatic carbocycles. The van der Waals surface area contributed by atoms with E-state index in [1.807, 2.05) is 0 Å². The summed E-state index contributed by atoms with van der Waals surface area (Å²) in [6, 6.07) is 0. The molecule has 0 unspecified atom stereocenters. The van der Waals surface area contributed by atoms with Gasteiger partial charge in [0.2, 0.25) is 0 Å². The lowest BCUT2D eigenvalue weighted by Gasteiger charge is -2.33. The third-order valence-electron chi connectivity index (χ3n) is 1.64. The topological polar surface area (TPSA) is 6.48 Å². The highest BCUT2D eigenvalue weighted by Crippen LogP contribution is 2.09. The van der Waals surface area contributed by atoms with Crippen LogP contribution in [0.2, 0.25) is 0 Å². The van der Waals surface area contributed by atoms with Crippen LogP contribution in [0.3, 0.4) is 0 Å². The zero-order chi connectivity index (χ0) is 8.36. The minimum atomic E-state index is 0.282. The van der Waals surface area contributed by atoms with Crippen molar-refractivity contribution in [2.24, 2.45) is 0 Å². The lowest BCUT2D eigenvalue weighted by molar-refractivity contribution is 0.111. The molecule has 0 radical (unpaired) electrons. The van der Waals surface area contributed by atoms with Gasteiger partial charge in [0.25, 0.3) is 0 Å². The number of hydrogen-bond acceptors (Lipinski definition) is 2. The maximum atomic E-state index is 2.31. The Hall–Kier alpha value is -0.0800. The molecule has 0 amide bonds. The SMILES string of the molecule is CN(C)CN(C)C(C)(C)C. The van der Waals surface area contributed by atoms with Crippen molar-refractivity contribution >= 4 is 0 Å². The normalized spacial score (nSPS) is 13.2. The highest BCUT2D eigenvalue weighted by molar-refractivity contribution is 4.71. The van der Waals surface area contributed by atoms with Crippen LogP contribution < -0.4 is 0 Å². The molecule has 62 valence electrons. The molecule has 0 rings (SSSR count). The zero-order valence-corrected chi connectivity index (χ0v) is 8.10. The number of nitrogens with zero attached hydrogens (tertiary/aromatic N) is 2. The molecule has 2 nitrogen and oxygen atoms in total. The zero-order valence-electron chi connectivity index (χ0n) is 8.10. The predicted octanol–water partition coefficient (Wildman–Crippen LogP) is 1.24. The van der Waals surface area contributed by atoms with Crippen molar-refractivity contribution in [1.82, 2.24) is 9.80 Å². The van der Waals surface area contributed by atoms with Crippen LogP contribution in [-0.2, 0) is 0 Å². The van der Waals surface area contributed by atoms with E-state index in [1.54, 1.807) is 0 Å². The van der Waals surface area contributed by atoms with Crippen molar-refractivity contribution in [2.75, 3.05) is 27.8 Å². The van der Waals surface area contributed by atoms with E-state index in [0.29, 0.717) is 0 Å². The molecule has 0 fully saturated rings. The molecular weight excluding hydrogens is 124 g/mol. The largest absolute Gasteiger partial charge is 0.297 e. The average molecular weight is 144 g/mol. The maximum absolute atomic E-state index is 2.31. The first-order valence-corrected chi connectivity index (χ1v) is 3.70. The van der Waals surface area contributed by atoms with Crippen LogP contribution in [0.1, 0.15) is 20.8 Å². The fourth-order valence-electron chi connectivity index (χ4n) is 0.636. The van der Waals surface area contributed by atoms with E-state index in [9.17, 15) is 0 Å². The first-order valence-electron chi connectivity index (χ1n) is 3.70. The van der Waals surface area contributed by atoms with Crippen LogP contribution in [0.25, 0.3) is 0 Å². The molecule has 0 aromatic rings. The third kappa shape index (κ3) is 3.85. The van der Waals surface area contributed by atoms with Gasteiger partial charge in [0.1, 0.15) is 0 Å². The van der Waals surface area contributed by atoms with Crippen LogP contribution >= 0.6 is 0 Å². The minimum Gasteiger partial charge on any atom is -0.297 e. The maximum Gasteiger partial charge on any atom is 0.0502 e. The van der Waals surface area contributed by atoms with Gasteiger partial charge in [-0.05, 0) is 41.9 Å². The van der Waals surface area contributed by atoms with Crippen molar-refractivity contribution in [3.05, 3.63) is 0 Å². The van der Waals surface area contributed by atoms with Gasteiger partial charge >= 0.3 is 0 Å². The molecule has 0 N–H and O–H groups in total. The first kappa shape index (κ1) is 9.92. The molecule has 0 aliphatic rings. The van der Waals surface area contributed by atoms with Gasteiger partial charge in [0.15, 0.2) is 0 Å². The Balaban J connectivity index is 3.73. The monoisotopic (exact) mass is 144 g/mol. The highest BCUT2D eigenvalue weighted by atomic mass is 15.3. The lowest BCUT2D eigenvalue weighted by atomic mass is 10.1. The molecule has 0 aliphatic heterocycles. The fourth-order valence-corrected chi connectivity index (χ4v) is 0.636. The summed E-state index contributed by atoms with van der Waals surface area (Å²) in [5.41, 5.74) is 0.282. The summed E-state index contributed by atoms with van der Waals surface area (Å²) in [6.45, 7) is 7.67. The molecule has 0 bridgehead atoms. The molecule has 0 saturated heterocycles. The van der Waals surface area contributed by atoms with E-state index in [2.05, 4.69) is 51.7 Å². The molecule has 0 aromatic heterocycles. The Morgan fingerprint density at radius 2 is 1.40 bits per heavy atom. The van der Waals surface area contributed by atoms with Gasteiger partial charge in [-0.15, -0.1) is 0 Å². The second-order valence-corrected chi connectivity index (χ2v) is 4.09. The molecule has 2 heteroatoms. The van der Waals surface area contributed by atoms with E-state index >= 15 is 0 Å².